The molecule has 0 aliphatic rings. The normalized spacial score (nSPS) is 12.1. The van der Waals surface area contributed by atoms with Crippen LogP contribution in [0.4, 0.5) is 4.39 Å². The van der Waals surface area contributed by atoms with Crippen LogP contribution in [0.1, 0.15) is 56.2 Å². The third-order valence-electron chi connectivity index (χ3n) is 10.4. The van der Waals surface area contributed by atoms with Crippen LogP contribution < -0.4 is 4.40 Å². The fourth-order valence-electron chi connectivity index (χ4n) is 7.57. The van der Waals surface area contributed by atoms with Gasteiger partial charge in [0.05, 0.1) is 11.6 Å². The van der Waals surface area contributed by atoms with Gasteiger partial charge in [0.25, 0.3) is 0 Å². The first-order valence-electron chi connectivity index (χ1n) is 18.4. The molecule has 4 nitrogen and oxygen atoms in total. The minimum atomic E-state index is -1.96. The molecule has 262 valence electrons. The Bertz CT molecular complexity index is 2710. The Balaban J connectivity index is 1.38. The number of nitriles is 1. The van der Waals surface area contributed by atoms with Gasteiger partial charge in [-0.3, -0.25) is 0 Å². The first-order valence-corrected chi connectivity index (χ1v) is 25.7. The van der Waals surface area contributed by atoms with E-state index in [1.165, 1.54) is 26.6 Å². The summed E-state index contributed by atoms with van der Waals surface area (Å²) in [6, 6.07) is 41.1. The van der Waals surface area contributed by atoms with Crippen LogP contribution in [-0.2, 0) is 0 Å². The molecule has 0 aliphatic heterocycles. The van der Waals surface area contributed by atoms with Crippen molar-refractivity contribution in [2.45, 2.75) is 56.8 Å². The van der Waals surface area contributed by atoms with Gasteiger partial charge >= 0.3 is 201 Å². The molecule has 0 N–H and O–H groups in total. The molecule has 8 aromatic rings. The van der Waals surface area contributed by atoms with Crippen LogP contribution in [0.25, 0.3) is 72.3 Å². The van der Waals surface area contributed by atoms with Crippen LogP contribution in [0, 0.1) is 17.1 Å². The van der Waals surface area contributed by atoms with Gasteiger partial charge in [0.1, 0.15) is 0 Å². The van der Waals surface area contributed by atoms with Gasteiger partial charge in [-0.15, -0.1) is 0 Å². The van der Waals surface area contributed by atoms with Crippen molar-refractivity contribution in [3.05, 3.63) is 138 Å². The molecule has 0 atom stereocenters. The van der Waals surface area contributed by atoms with E-state index in [0.29, 0.717) is 27.7 Å². The maximum absolute atomic E-state index is 16.4. The fourth-order valence-corrected chi connectivity index (χ4v) is 10.0. The van der Waals surface area contributed by atoms with Crippen molar-refractivity contribution in [3.63, 3.8) is 0 Å². The molecule has 0 radical (unpaired) electrons. The van der Waals surface area contributed by atoms with E-state index in [9.17, 15) is 5.26 Å². The molecule has 0 spiro atoms. The van der Waals surface area contributed by atoms with Gasteiger partial charge in [-0.25, -0.2) is 4.39 Å². The molecule has 0 saturated heterocycles. The molecule has 0 aliphatic carbocycles. The van der Waals surface area contributed by atoms with Crippen LogP contribution in [0.3, 0.4) is 0 Å². The van der Waals surface area contributed by atoms with Crippen LogP contribution >= 0.6 is 0 Å². The molecular weight excluding hydrogens is 714 g/mol. The minimum absolute atomic E-state index is 0.186. The number of hydrogen-bond acceptors (Lipinski definition) is 3. The van der Waals surface area contributed by atoms with E-state index in [0.717, 1.165) is 33.5 Å². The third-order valence-corrected chi connectivity index (χ3v) is 14.8. The first-order chi connectivity index (χ1) is 25.4. The monoisotopic (exact) mass is 757 g/mol. The van der Waals surface area contributed by atoms with Gasteiger partial charge in [-0.05, 0) is 23.8 Å². The zero-order valence-corrected chi connectivity index (χ0v) is 33.4. The maximum atomic E-state index is 16.4. The molecule has 2 aromatic heterocycles. The van der Waals surface area contributed by atoms with Crippen LogP contribution in [0.5, 0.6) is 0 Å². The topological polar surface area (TPSA) is 54.8 Å². The Morgan fingerprint density at radius 1 is 0.679 bits per heavy atom. The van der Waals surface area contributed by atoms with Crippen LogP contribution in [0.2, 0.25) is 17.3 Å². The molecule has 2 heterocycles. The predicted molar refractivity (Wildman–Crippen MR) is 220 cm³/mol. The molecule has 8 rings (SSSR count). The summed E-state index contributed by atoms with van der Waals surface area (Å²) in [5.41, 5.74) is 11.0. The van der Waals surface area contributed by atoms with Gasteiger partial charge < -0.3 is 4.42 Å². The summed E-state index contributed by atoms with van der Waals surface area (Å²) in [4.78, 5) is 5.28. The number of hydrogen-bond donors (Lipinski definition) is 0. The van der Waals surface area contributed by atoms with Crippen molar-refractivity contribution in [2.75, 3.05) is 0 Å². The predicted octanol–water partition coefficient (Wildman–Crippen LogP) is 12.7. The van der Waals surface area contributed by atoms with E-state index in [2.05, 4.69) is 110 Å². The van der Waals surface area contributed by atoms with E-state index in [-0.39, 0.29) is 17.4 Å². The van der Waals surface area contributed by atoms with E-state index in [4.69, 9.17) is 9.40 Å². The van der Waals surface area contributed by atoms with Crippen molar-refractivity contribution in [3.8, 4) is 45.4 Å². The second-order valence-electron chi connectivity index (χ2n) is 15.7. The average Bonchev–Trinajstić information content (AvgIpc) is 3.73. The number of furan rings is 1. The molecule has 0 fully saturated rings. The number of benzene rings is 6. The zero-order valence-electron chi connectivity index (χ0n) is 31.3. The standard InChI is InChI=1S/C47H42FGeN3O/c1-28(2)39-25-33(31-18-20-34(21-19-31)49(5,6)7)26-40(29(3)4)44(39)52-42-17-9-8-16-41(42)51-47(52)38-15-11-14-36-37-23-22-35(43(48)46(37)53-45(36)38)32-13-10-12-30(24-32)27-50/h8-26,28-29H,1-7H3. The molecule has 53 heavy (non-hydrogen) atoms. The van der Waals surface area contributed by atoms with Crippen molar-refractivity contribution in [2.24, 2.45) is 0 Å². The van der Waals surface area contributed by atoms with Gasteiger partial charge in [0.15, 0.2) is 11.4 Å². The number of fused-ring (bicyclic) bond motifs is 4. The SMILES string of the molecule is CC(C)c1cc(-c2cc[c]([Ge]([CH3])([CH3])[CH3])cc2)cc(C(C)C)c1-n1c(-c2cccc3c2oc2c(F)c(-c4cccc(C#N)c4)ccc23)nc2ccccc21. The number of imidazole rings is 1. The summed E-state index contributed by atoms with van der Waals surface area (Å²) in [6.45, 7) is 9.03. The zero-order chi connectivity index (χ0) is 37.2. The number of aromatic nitrogens is 2. The summed E-state index contributed by atoms with van der Waals surface area (Å²) in [5, 5.41) is 11.0. The van der Waals surface area contributed by atoms with Crippen molar-refractivity contribution in [1.29, 1.82) is 5.26 Å². The van der Waals surface area contributed by atoms with Crippen LogP contribution in [-0.4, -0.2) is 22.8 Å². The van der Waals surface area contributed by atoms with Crippen LogP contribution in [0.15, 0.2) is 120 Å². The molecule has 0 saturated carbocycles. The van der Waals surface area contributed by atoms with Gasteiger partial charge in [0, 0.05) is 16.3 Å². The van der Waals surface area contributed by atoms with E-state index < -0.39 is 19.1 Å². The molecule has 0 amide bonds. The first kappa shape index (κ1) is 34.6. The number of para-hydroxylation sites is 3. The van der Waals surface area contributed by atoms with Crippen molar-refractivity contribution in [1.82, 2.24) is 9.55 Å². The van der Waals surface area contributed by atoms with Gasteiger partial charge in [-0.1, -0.05) is 36.4 Å². The number of halogens is 1. The summed E-state index contributed by atoms with van der Waals surface area (Å²) < 4.78 is 26.8. The van der Waals surface area contributed by atoms with Crippen molar-refractivity contribution < 1.29 is 8.81 Å². The van der Waals surface area contributed by atoms with E-state index in [1.807, 2.05) is 36.4 Å². The molecular formula is C47H42FGeN3O. The van der Waals surface area contributed by atoms with E-state index >= 15 is 4.39 Å². The quantitative estimate of drug-likeness (QED) is 0.152. The molecule has 0 unspecified atom stereocenters. The Morgan fingerprint density at radius 2 is 1.36 bits per heavy atom. The summed E-state index contributed by atoms with van der Waals surface area (Å²) in [5.74, 6) is 8.02. The summed E-state index contributed by atoms with van der Waals surface area (Å²) in [7, 11) is 0. The van der Waals surface area contributed by atoms with Gasteiger partial charge in [-0.2, -0.15) is 5.26 Å². The molecule has 6 heteroatoms. The Kier molecular flexibility index (Phi) is 8.62. The van der Waals surface area contributed by atoms with Gasteiger partial charge in [0.2, 0.25) is 0 Å². The second kappa shape index (κ2) is 13.2. The van der Waals surface area contributed by atoms with E-state index in [1.54, 1.807) is 24.3 Å². The number of rotatable bonds is 7. The number of nitrogens with zero attached hydrogens (tertiary/aromatic N) is 3. The molecule has 6 aromatic carbocycles. The Hall–Kier alpha value is -5.45. The second-order valence-corrected chi connectivity index (χ2v) is 26.3. The third kappa shape index (κ3) is 5.96. The summed E-state index contributed by atoms with van der Waals surface area (Å²) in [6.07, 6.45) is 0. The average molecular weight is 756 g/mol. The Labute approximate surface area is 312 Å². The van der Waals surface area contributed by atoms with Crippen molar-refractivity contribution >= 4 is 50.6 Å². The summed E-state index contributed by atoms with van der Waals surface area (Å²) >= 11 is -1.96. The molecule has 0 bridgehead atoms. The fraction of sp³-hybridized carbons (Fsp3) is 0.191. The Morgan fingerprint density at radius 3 is 2.04 bits per heavy atom.